The SMILES string of the molecule is CCCc1cc([C@@H]2CCCN2C(=O)Cn2nc(C(F)(F)F)cc2C)no1. The molecule has 2 aromatic heterocycles. The summed E-state index contributed by atoms with van der Waals surface area (Å²) in [5.41, 5.74) is 0.0158. The average Bonchev–Trinajstić information content (AvgIpc) is 3.26. The molecule has 0 spiro atoms. The Morgan fingerprint density at radius 2 is 2.15 bits per heavy atom. The lowest BCUT2D eigenvalue weighted by molar-refractivity contribution is -0.142. The summed E-state index contributed by atoms with van der Waals surface area (Å²) in [6.45, 7) is 3.87. The molecule has 1 atom stereocenters. The molecular weight excluding hydrogens is 349 g/mol. The van der Waals surface area contributed by atoms with Crippen LogP contribution in [0.15, 0.2) is 16.7 Å². The molecule has 1 amide bonds. The molecule has 3 heterocycles. The quantitative estimate of drug-likeness (QED) is 0.808. The third-order valence-corrected chi connectivity index (χ3v) is 4.54. The van der Waals surface area contributed by atoms with E-state index in [1.54, 1.807) is 4.90 Å². The number of halogens is 3. The van der Waals surface area contributed by atoms with Gasteiger partial charge in [0.15, 0.2) is 5.69 Å². The fourth-order valence-corrected chi connectivity index (χ4v) is 3.25. The summed E-state index contributed by atoms with van der Waals surface area (Å²) in [5.74, 6) is 0.506. The fourth-order valence-electron chi connectivity index (χ4n) is 3.25. The van der Waals surface area contributed by atoms with Crippen LogP contribution in [0.2, 0.25) is 0 Å². The molecule has 0 unspecified atom stereocenters. The zero-order valence-electron chi connectivity index (χ0n) is 14.7. The number of aryl methyl sites for hydroxylation is 2. The topological polar surface area (TPSA) is 64.2 Å². The van der Waals surface area contributed by atoms with E-state index in [1.165, 1.54) is 6.92 Å². The van der Waals surface area contributed by atoms with Crippen LogP contribution in [-0.4, -0.2) is 32.3 Å². The van der Waals surface area contributed by atoms with E-state index >= 15 is 0 Å². The zero-order valence-corrected chi connectivity index (χ0v) is 14.7. The fraction of sp³-hybridized carbons (Fsp3) is 0.588. The van der Waals surface area contributed by atoms with Crippen LogP contribution in [0.25, 0.3) is 0 Å². The van der Waals surface area contributed by atoms with E-state index < -0.39 is 11.9 Å². The first kappa shape index (κ1) is 18.5. The molecule has 0 aliphatic carbocycles. The van der Waals surface area contributed by atoms with Gasteiger partial charge < -0.3 is 9.42 Å². The zero-order chi connectivity index (χ0) is 18.9. The van der Waals surface area contributed by atoms with Crippen LogP contribution >= 0.6 is 0 Å². The minimum Gasteiger partial charge on any atom is -0.361 e. The van der Waals surface area contributed by atoms with Crippen molar-refractivity contribution < 1.29 is 22.5 Å². The Balaban J connectivity index is 1.73. The number of nitrogens with zero attached hydrogens (tertiary/aromatic N) is 4. The highest BCUT2D eigenvalue weighted by atomic mass is 19.4. The summed E-state index contributed by atoms with van der Waals surface area (Å²) in [6.07, 6.45) is -1.23. The molecular formula is C17H21F3N4O2. The lowest BCUT2D eigenvalue weighted by atomic mass is 10.1. The van der Waals surface area contributed by atoms with Crippen LogP contribution < -0.4 is 0 Å². The summed E-state index contributed by atoms with van der Waals surface area (Å²) in [4.78, 5) is 14.3. The molecule has 6 nitrogen and oxygen atoms in total. The maximum Gasteiger partial charge on any atom is 0.435 e. The second-order valence-corrected chi connectivity index (χ2v) is 6.54. The first-order chi connectivity index (χ1) is 12.3. The minimum atomic E-state index is -4.52. The molecule has 2 aromatic rings. The molecule has 1 fully saturated rings. The minimum absolute atomic E-state index is 0.199. The summed E-state index contributed by atoms with van der Waals surface area (Å²) < 4.78 is 44.7. The van der Waals surface area contributed by atoms with Gasteiger partial charge in [-0.1, -0.05) is 12.1 Å². The molecule has 1 saturated heterocycles. The smallest absolute Gasteiger partial charge is 0.361 e. The van der Waals surface area contributed by atoms with E-state index in [0.717, 1.165) is 42.2 Å². The maximum absolute atomic E-state index is 12.8. The third kappa shape index (κ3) is 3.76. The second-order valence-electron chi connectivity index (χ2n) is 6.54. The number of likely N-dealkylation sites (tertiary alicyclic amines) is 1. The Morgan fingerprint density at radius 3 is 2.81 bits per heavy atom. The van der Waals surface area contributed by atoms with Crippen molar-refractivity contribution in [3.05, 3.63) is 35.0 Å². The summed E-state index contributed by atoms with van der Waals surface area (Å²) in [6, 6.07) is 2.61. The number of carbonyl (C=O) groups excluding carboxylic acids is 1. The van der Waals surface area contributed by atoms with E-state index in [2.05, 4.69) is 10.3 Å². The number of aromatic nitrogens is 3. The Bertz CT molecular complexity index is 781. The molecule has 1 aliphatic rings. The number of alkyl halides is 3. The van der Waals surface area contributed by atoms with Crippen molar-refractivity contribution in [3.8, 4) is 0 Å². The van der Waals surface area contributed by atoms with Crippen molar-refractivity contribution in [3.63, 3.8) is 0 Å². The number of hydrogen-bond donors (Lipinski definition) is 0. The van der Waals surface area contributed by atoms with Gasteiger partial charge in [-0.15, -0.1) is 0 Å². The van der Waals surface area contributed by atoms with Gasteiger partial charge in [0.25, 0.3) is 0 Å². The predicted molar refractivity (Wildman–Crippen MR) is 86.2 cm³/mol. The Hall–Kier alpha value is -2.32. The van der Waals surface area contributed by atoms with Gasteiger partial charge in [-0.3, -0.25) is 9.48 Å². The number of rotatable bonds is 5. The van der Waals surface area contributed by atoms with Crippen LogP contribution in [0.3, 0.4) is 0 Å². The maximum atomic E-state index is 12.8. The molecule has 0 aromatic carbocycles. The van der Waals surface area contributed by atoms with Gasteiger partial charge in [0, 0.05) is 24.7 Å². The predicted octanol–water partition coefficient (Wildman–Crippen LogP) is 3.51. The van der Waals surface area contributed by atoms with Gasteiger partial charge in [0.2, 0.25) is 5.91 Å². The van der Waals surface area contributed by atoms with E-state index in [0.29, 0.717) is 17.9 Å². The van der Waals surface area contributed by atoms with Gasteiger partial charge in [-0.2, -0.15) is 18.3 Å². The molecule has 26 heavy (non-hydrogen) atoms. The third-order valence-electron chi connectivity index (χ3n) is 4.54. The van der Waals surface area contributed by atoms with Crippen LogP contribution in [0.5, 0.6) is 0 Å². The van der Waals surface area contributed by atoms with Crippen LogP contribution in [0.1, 0.15) is 55.1 Å². The second kappa shape index (κ2) is 7.13. The highest BCUT2D eigenvalue weighted by molar-refractivity contribution is 5.76. The molecule has 0 saturated carbocycles. The van der Waals surface area contributed by atoms with Gasteiger partial charge in [0.1, 0.15) is 18.0 Å². The lowest BCUT2D eigenvalue weighted by Crippen LogP contribution is -2.34. The number of hydrogen-bond acceptors (Lipinski definition) is 4. The lowest BCUT2D eigenvalue weighted by Gasteiger charge is -2.23. The monoisotopic (exact) mass is 370 g/mol. The van der Waals surface area contributed by atoms with E-state index in [-0.39, 0.29) is 18.5 Å². The Morgan fingerprint density at radius 1 is 1.38 bits per heavy atom. The van der Waals surface area contributed by atoms with E-state index in [4.69, 9.17) is 4.52 Å². The summed E-state index contributed by atoms with van der Waals surface area (Å²) in [7, 11) is 0. The standard InChI is InChI=1S/C17H21F3N4O2/c1-3-5-12-9-13(22-26-12)14-6-4-7-23(14)16(25)10-24-11(2)8-15(21-24)17(18,19)20/h8-9,14H,3-7,10H2,1-2H3/t14-/m0/s1. The molecule has 0 bridgehead atoms. The first-order valence-electron chi connectivity index (χ1n) is 8.66. The first-order valence-corrected chi connectivity index (χ1v) is 8.66. The van der Waals surface area contributed by atoms with Crippen molar-refractivity contribution in [1.82, 2.24) is 19.8 Å². The largest absolute Gasteiger partial charge is 0.435 e. The van der Waals surface area contributed by atoms with Crippen molar-refractivity contribution in [2.24, 2.45) is 0 Å². The van der Waals surface area contributed by atoms with Crippen LogP contribution in [-0.2, 0) is 23.9 Å². The van der Waals surface area contributed by atoms with E-state index in [1.807, 2.05) is 13.0 Å². The summed E-state index contributed by atoms with van der Waals surface area (Å²) in [5, 5.41) is 7.60. The normalized spacial score (nSPS) is 17.9. The van der Waals surface area contributed by atoms with Gasteiger partial charge in [-0.25, -0.2) is 0 Å². The van der Waals surface area contributed by atoms with Gasteiger partial charge in [0.05, 0.1) is 6.04 Å². The van der Waals surface area contributed by atoms with E-state index in [9.17, 15) is 18.0 Å². The molecule has 0 radical (unpaired) electrons. The average molecular weight is 370 g/mol. The highest BCUT2D eigenvalue weighted by Gasteiger charge is 2.36. The van der Waals surface area contributed by atoms with Crippen molar-refractivity contribution >= 4 is 5.91 Å². The molecule has 0 N–H and O–H groups in total. The van der Waals surface area contributed by atoms with Gasteiger partial charge in [-0.05, 0) is 32.3 Å². The Labute approximate surface area is 148 Å². The highest BCUT2D eigenvalue weighted by Crippen LogP contribution is 2.32. The Kier molecular flexibility index (Phi) is 5.06. The van der Waals surface area contributed by atoms with Crippen molar-refractivity contribution in [2.45, 2.75) is 58.3 Å². The number of amides is 1. The van der Waals surface area contributed by atoms with Gasteiger partial charge >= 0.3 is 6.18 Å². The van der Waals surface area contributed by atoms with Crippen LogP contribution in [0.4, 0.5) is 13.2 Å². The molecule has 1 aliphatic heterocycles. The van der Waals surface area contributed by atoms with Crippen molar-refractivity contribution in [2.75, 3.05) is 6.54 Å². The number of carbonyl (C=O) groups is 1. The molecule has 142 valence electrons. The van der Waals surface area contributed by atoms with Crippen molar-refractivity contribution in [1.29, 1.82) is 0 Å². The molecule has 3 rings (SSSR count). The summed E-state index contributed by atoms with van der Waals surface area (Å²) >= 11 is 0. The molecule has 9 heteroatoms. The van der Waals surface area contributed by atoms with Crippen LogP contribution in [0, 0.1) is 6.92 Å².